The molecule has 4 aromatic rings. The third-order valence-electron chi connectivity index (χ3n) is 3.64. The molecular formula is C17H14N6. The fourth-order valence-electron chi connectivity index (χ4n) is 2.45. The van der Waals surface area contributed by atoms with Crippen LogP contribution in [-0.4, -0.2) is 25.9 Å². The number of aromatic amines is 1. The van der Waals surface area contributed by atoms with Crippen molar-refractivity contribution in [2.45, 2.75) is 6.92 Å². The Kier molecular flexibility index (Phi) is 3.20. The van der Waals surface area contributed by atoms with Gasteiger partial charge in [-0.2, -0.15) is 10.1 Å². The first-order valence-corrected chi connectivity index (χ1v) is 7.28. The van der Waals surface area contributed by atoms with Gasteiger partial charge in [0.25, 0.3) is 5.95 Å². The minimum Gasteiger partial charge on any atom is -0.338 e. The summed E-state index contributed by atoms with van der Waals surface area (Å²) >= 11 is 0. The number of hydrazone groups is 1. The molecule has 0 fully saturated rings. The molecule has 0 radical (unpaired) electrons. The van der Waals surface area contributed by atoms with Crippen molar-refractivity contribution in [2.24, 2.45) is 5.10 Å². The van der Waals surface area contributed by atoms with Gasteiger partial charge in [-0.3, -0.25) is 0 Å². The van der Waals surface area contributed by atoms with Crippen LogP contribution in [0.1, 0.15) is 12.5 Å². The average Bonchev–Trinajstić information content (AvgIpc) is 2.98. The Balaban J connectivity index is 1.66. The number of aromatic nitrogens is 4. The molecule has 0 aliphatic carbocycles. The lowest BCUT2D eigenvalue weighted by atomic mass is 10.1. The van der Waals surface area contributed by atoms with Gasteiger partial charge in [-0.25, -0.2) is 5.43 Å². The molecule has 4 rings (SSSR count). The lowest BCUT2D eigenvalue weighted by molar-refractivity contribution is 1.01. The van der Waals surface area contributed by atoms with Crippen molar-refractivity contribution < 1.29 is 0 Å². The zero-order valence-electron chi connectivity index (χ0n) is 12.5. The minimum atomic E-state index is 0.360. The summed E-state index contributed by atoms with van der Waals surface area (Å²) in [4.78, 5) is 7.67. The Morgan fingerprint density at radius 2 is 1.78 bits per heavy atom. The predicted molar refractivity (Wildman–Crippen MR) is 91.5 cm³/mol. The molecule has 0 unspecified atom stereocenters. The highest BCUT2D eigenvalue weighted by atomic mass is 15.4. The van der Waals surface area contributed by atoms with Crippen LogP contribution in [0.5, 0.6) is 0 Å². The minimum absolute atomic E-state index is 0.360. The van der Waals surface area contributed by atoms with E-state index in [1.54, 1.807) is 0 Å². The highest BCUT2D eigenvalue weighted by Gasteiger charge is 2.08. The quantitative estimate of drug-likeness (QED) is 0.449. The van der Waals surface area contributed by atoms with E-state index in [0.717, 1.165) is 27.7 Å². The molecule has 0 bridgehead atoms. The summed E-state index contributed by atoms with van der Waals surface area (Å²) in [6.45, 7) is 1.93. The van der Waals surface area contributed by atoms with E-state index in [0.29, 0.717) is 11.6 Å². The molecule has 0 aliphatic rings. The summed E-state index contributed by atoms with van der Waals surface area (Å²) < 4.78 is 0. The fraction of sp³-hybridized carbons (Fsp3) is 0.0588. The van der Waals surface area contributed by atoms with Gasteiger partial charge >= 0.3 is 0 Å². The van der Waals surface area contributed by atoms with Gasteiger partial charge in [-0.05, 0) is 18.6 Å². The first kappa shape index (κ1) is 13.4. The molecule has 23 heavy (non-hydrogen) atoms. The van der Waals surface area contributed by atoms with E-state index >= 15 is 0 Å². The van der Waals surface area contributed by atoms with E-state index in [2.05, 4.69) is 30.7 Å². The second kappa shape index (κ2) is 5.49. The number of rotatable bonds is 3. The molecule has 2 aromatic carbocycles. The third-order valence-corrected chi connectivity index (χ3v) is 3.64. The summed E-state index contributed by atoms with van der Waals surface area (Å²) in [5, 5.41) is 13.7. The number of nitrogens with zero attached hydrogens (tertiary/aromatic N) is 4. The largest absolute Gasteiger partial charge is 0.338 e. The molecule has 0 saturated carbocycles. The standard InChI is InChI=1S/C17H14N6/c1-11(12-7-3-2-4-8-12)20-22-17-19-16-15(21-23-17)13-9-5-6-10-14(13)18-16/h2-10H,1H3,(H2,18,19,22,23)/b20-11-. The van der Waals surface area contributed by atoms with Crippen LogP contribution < -0.4 is 5.43 Å². The van der Waals surface area contributed by atoms with Crippen molar-refractivity contribution in [2.75, 3.05) is 5.43 Å². The Morgan fingerprint density at radius 1 is 1.00 bits per heavy atom. The molecule has 112 valence electrons. The molecule has 0 aliphatic heterocycles. The van der Waals surface area contributed by atoms with Crippen LogP contribution in [-0.2, 0) is 0 Å². The van der Waals surface area contributed by atoms with Crippen molar-refractivity contribution >= 4 is 33.7 Å². The molecule has 0 spiro atoms. The van der Waals surface area contributed by atoms with Crippen molar-refractivity contribution in [3.05, 3.63) is 60.2 Å². The van der Waals surface area contributed by atoms with Crippen LogP contribution >= 0.6 is 0 Å². The number of benzene rings is 2. The van der Waals surface area contributed by atoms with Crippen molar-refractivity contribution in [3.8, 4) is 0 Å². The van der Waals surface area contributed by atoms with Crippen LogP contribution in [0.25, 0.3) is 22.1 Å². The number of hydrogen-bond donors (Lipinski definition) is 2. The van der Waals surface area contributed by atoms with Gasteiger partial charge < -0.3 is 4.98 Å². The maximum atomic E-state index is 4.43. The summed E-state index contributed by atoms with van der Waals surface area (Å²) in [7, 11) is 0. The molecular weight excluding hydrogens is 288 g/mol. The van der Waals surface area contributed by atoms with Crippen LogP contribution in [0.15, 0.2) is 59.7 Å². The molecule has 2 N–H and O–H groups in total. The van der Waals surface area contributed by atoms with Gasteiger partial charge in [0.1, 0.15) is 5.52 Å². The van der Waals surface area contributed by atoms with Gasteiger partial charge in [-0.15, -0.1) is 10.2 Å². The third kappa shape index (κ3) is 2.50. The molecule has 6 nitrogen and oxygen atoms in total. The van der Waals surface area contributed by atoms with Crippen LogP contribution in [0, 0.1) is 0 Å². The topological polar surface area (TPSA) is 78.8 Å². The summed E-state index contributed by atoms with van der Waals surface area (Å²) in [5.74, 6) is 0.360. The van der Waals surface area contributed by atoms with Crippen molar-refractivity contribution in [1.29, 1.82) is 0 Å². The lowest BCUT2D eigenvalue weighted by Crippen LogP contribution is -2.03. The van der Waals surface area contributed by atoms with Crippen LogP contribution in [0.4, 0.5) is 5.95 Å². The molecule has 0 atom stereocenters. The van der Waals surface area contributed by atoms with E-state index in [9.17, 15) is 0 Å². The predicted octanol–water partition coefficient (Wildman–Crippen LogP) is 3.34. The fourth-order valence-corrected chi connectivity index (χ4v) is 2.45. The van der Waals surface area contributed by atoms with Gasteiger partial charge in [0.2, 0.25) is 0 Å². The first-order valence-electron chi connectivity index (χ1n) is 7.28. The SMILES string of the molecule is C/C(=N/Nc1nnc2c(n1)[nH]c1ccccc12)c1ccccc1. The second-order valence-electron chi connectivity index (χ2n) is 5.18. The van der Waals surface area contributed by atoms with E-state index < -0.39 is 0 Å². The summed E-state index contributed by atoms with van der Waals surface area (Å²) in [5.41, 5.74) is 7.20. The Hall–Kier alpha value is -3.28. The van der Waals surface area contributed by atoms with Crippen LogP contribution in [0.3, 0.4) is 0 Å². The van der Waals surface area contributed by atoms with Crippen molar-refractivity contribution in [1.82, 2.24) is 20.2 Å². The monoisotopic (exact) mass is 302 g/mol. The number of anilines is 1. The highest BCUT2D eigenvalue weighted by molar-refractivity contribution is 6.03. The summed E-state index contributed by atoms with van der Waals surface area (Å²) in [6.07, 6.45) is 0. The van der Waals surface area contributed by atoms with E-state index in [-0.39, 0.29) is 0 Å². The Bertz CT molecular complexity index is 1000. The maximum Gasteiger partial charge on any atom is 0.265 e. The molecule has 0 amide bonds. The number of para-hydroxylation sites is 1. The normalized spacial score (nSPS) is 12.0. The second-order valence-corrected chi connectivity index (χ2v) is 5.18. The molecule has 0 saturated heterocycles. The maximum absolute atomic E-state index is 4.43. The highest BCUT2D eigenvalue weighted by Crippen LogP contribution is 2.21. The molecule has 2 heterocycles. The zero-order chi connectivity index (χ0) is 15.6. The molecule has 2 aromatic heterocycles. The van der Waals surface area contributed by atoms with Crippen LogP contribution in [0.2, 0.25) is 0 Å². The van der Waals surface area contributed by atoms with Gasteiger partial charge in [0.15, 0.2) is 5.65 Å². The number of fused-ring (bicyclic) bond motifs is 3. The lowest BCUT2D eigenvalue weighted by Gasteiger charge is -2.01. The number of nitrogens with one attached hydrogen (secondary N) is 2. The zero-order valence-corrected chi connectivity index (χ0v) is 12.5. The first-order chi connectivity index (χ1) is 11.3. The number of hydrogen-bond acceptors (Lipinski definition) is 5. The number of H-pyrrole nitrogens is 1. The van der Waals surface area contributed by atoms with E-state index in [4.69, 9.17) is 0 Å². The van der Waals surface area contributed by atoms with E-state index in [1.807, 2.05) is 61.5 Å². The molecule has 6 heteroatoms. The smallest absolute Gasteiger partial charge is 0.265 e. The average molecular weight is 302 g/mol. The Labute approximate surface area is 132 Å². The van der Waals surface area contributed by atoms with Gasteiger partial charge in [0.05, 0.1) is 5.71 Å². The van der Waals surface area contributed by atoms with E-state index in [1.165, 1.54) is 0 Å². The summed E-state index contributed by atoms with van der Waals surface area (Å²) in [6, 6.07) is 17.8. The Morgan fingerprint density at radius 3 is 2.65 bits per heavy atom. The van der Waals surface area contributed by atoms with Crippen molar-refractivity contribution in [3.63, 3.8) is 0 Å². The van der Waals surface area contributed by atoms with Gasteiger partial charge in [0, 0.05) is 10.9 Å². The van der Waals surface area contributed by atoms with Gasteiger partial charge in [-0.1, -0.05) is 48.5 Å².